The van der Waals surface area contributed by atoms with Crippen LogP contribution in [-0.4, -0.2) is 44.4 Å². The molecule has 1 heterocycles. The highest BCUT2D eigenvalue weighted by molar-refractivity contribution is 5.70. The molecule has 1 saturated heterocycles. The largest absolute Gasteiger partial charge is 0.494 e. The number of nitro benzene ring substituents is 1. The van der Waals surface area contributed by atoms with Crippen LogP contribution in [0.4, 0.5) is 11.4 Å². The van der Waals surface area contributed by atoms with Crippen molar-refractivity contribution in [1.82, 2.24) is 0 Å². The minimum atomic E-state index is -2.70. The summed E-state index contributed by atoms with van der Waals surface area (Å²) >= 11 is 0. The fourth-order valence-electron chi connectivity index (χ4n) is 1.80. The van der Waals surface area contributed by atoms with Gasteiger partial charge >= 0.3 is 0 Å². The number of ether oxygens (including phenoxy) is 3. The highest BCUT2D eigenvalue weighted by atomic mass is 16.6. The zero-order valence-electron chi connectivity index (χ0n) is 13.1. The average molecular weight is 271 g/mol. The van der Waals surface area contributed by atoms with Crippen molar-refractivity contribution in [2.75, 3.05) is 38.7 Å². The van der Waals surface area contributed by atoms with Crippen molar-refractivity contribution in [2.24, 2.45) is 0 Å². The van der Waals surface area contributed by atoms with Crippen LogP contribution in [0.25, 0.3) is 0 Å². The van der Waals surface area contributed by atoms with Crippen molar-refractivity contribution in [3.05, 3.63) is 28.3 Å². The molecule has 2 rings (SSSR count). The van der Waals surface area contributed by atoms with E-state index in [1.807, 2.05) is 0 Å². The van der Waals surface area contributed by atoms with E-state index in [9.17, 15) is 10.1 Å². The van der Waals surface area contributed by atoms with Crippen molar-refractivity contribution in [2.45, 2.75) is 6.10 Å². The van der Waals surface area contributed by atoms with Gasteiger partial charge in [0.25, 0.3) is 5.69 Å². The molecule has 1 aliphatic rings. The molecule has 0 unspecified atom stereocenters. The molecule has 1 aliphatic heterocycles. The lowest BCUT2D eigenvalue weighted by molar-refractivity contribution is -0.384. The molecule has 7 heteroatoms. The topological polar surface area (TPSA) is 82.9 Å². The number of para-hydroxylation sites is 1. The Morgan fingerprint density at radius 3 is 3.21 bits per heavy atom. The van der Waals surface area contributed by atoms with Crippen LogP contribution >= 0.6 is 0 Å². The molecule has 7 nitrogen and oxygen atoms in total. The predicted molar refractivity (Wildman–Crippen MR) is 68.7 cm³/mol. The van der Waals surface area contributed by atoms with Crippen LogP contribution < -0.4 is 10.1 Å². The second kappa shape index (κ2) is 6.35. The molecule has 104 valence electrons. The number of nitro groups is 1. The molecular weight excluding hydrogens is 252 g/mol. The van der Waals surface area contributed by atoms with Gasteiger partial charge in [0.15, 0.2) is 5.69 Å². The van der Waals surface area contributed by atoms with Gasteiger partial charge in [0.2, 0.25) is 0 Å². The molecule has 0 aliphatic carbocycles. The molecule has 1 aromatic carbocycles. The van der Waals surface area contributed by atoms with E-state index in [0.29, 0.717) is 19.8 Å². The first-order chi connectivity index (χ1) is 10.4. The van der Waals surface area contributed by atoms with Crippen LogP contribution in [0, 0.1) is 10.1 Å². The third kappa shape index (κ3) is 3.33. The SMILES string of the molecule is [2H]C([2H])([2H])Oc1cccc([N+](=O)[O-])c1NC[C@@H]1COCCO1. The zero-order chi connectivity index (χ0) is 16.2. The number of nitrogens with one attached hydrogen (secondary N) is 1. The predicted octanol–water partition coefficient (Wildman–Crippen LogP) is 1.43. The van der Waals surface area contributed by atoms with Gasteiger partial charge in [-0.2, -0.15) is 0 Å². The standard InChI is InChI=1S/C12H16N2O5/c1-17-11-4-2-3-10(14(15)16)12(11)13-7-9-8-18-5-6-19-9/h2-4,9,13H,5-8H2,1H3/t9-/m1/s1/i1D3. The Morgan fingerprint density at radius 2 is 2.53 bits per heavy atom. The summed E-state index contributed by atoms with van der Waals surface area (Å²) in [5.41, 5.74) is -0.253. The van der Waals surface area contributed by atoms with E-state index in [2.05, 4.69) is 5.32 Å². The lowest BCUT2D eigenvalue weighted by atomic mass is 10.2. The summed E-state index contributed by atoms with van der Waals surface area (Å²) in [7, 11) is -2.70. The second-order valence-electron chi connectivity index (χ2n) is 3.96. The number of nitrogens with zero attached hydrogens (tertiary/aromatic N) is 1. The van der Waals surface area contributed by atoms with Gasteiger partial charge in [0.05, 0.1) is 42.0 Å². The molecule has 0 saturated carbocycles. The lowest BCUT2D eigenvalue weighted by Gasteiger charge is -2.23. The Hall–Kier alpha value is -1.86. The van der Waals surface area contributed by atoms with Crippen molar-refractivity contribution in [3.8, 4) is 5.75 Å². The maximum atomic E-state index is 11.1. The van der Waals surface area contributed by atoms with Gasteiger partial charge in [0.1, 0.15) is 5.75 Å². The summed E-state index contributed by atoms with van der Waals surface area (Å²) in [6.45, 7) is 1.56. The van der Waals surface area contributed by atoms with Gasteiger partial charge in [-0.1, -0.05) is 6.07 Å². The van der Waals surface area contributed by atoms with E-state index in [0.717, 1.165) is 0 Å². The van der Waals surface area contributed by atoms with E-state index in [1.165, 1.54) is 18.2 Å². The molecule has 0 aromatic heterocycles. The summed E-state index contributed by atoms with van der Waals surface area (Å²) in [5, 5.41) is 13.9. The molecule has 1 fully saturated rings. The number of hydrogen-bond acceptors (Lipinski definition) is 6. The number of benzene rings is 1. The van der Waals surface area contributed by atoms with Gasteiger partial charge in [-0.15, -0.1) is 0 Å². The van der Waals surface area contributed by atoms with Crippen LogP contribution in [0.1, 0.15) is 4.11 Å². The summed E-state index contributed by atoms with van der Waals surface area (Å²) < 4.78 is 36.9. The molecule has 0 spiro atoms. The average Bonchev–Trinajstić information content (AvgIpc) is 2.45. The Labute approximate surface area is 114 Å². The number of anilines is 1. The Morgan fingerprint density at radius 1 is 1.63 bits per heavy atom. The van der Waals surface area contributed by atoms with Crippen LogP contribution in [0.3, 0.4) is 0 Å². The van der Waals surface area contributed by atoms with Gasteiger partial charge in [-0.3, -0.25) is 10.1 Å². The minimum absolute atomic E-state index is 0.0119. The van der Waals surface area contributed by atoms with E-state index < -0.39 is 12.0 Å². The zero-order valence-corrected chi connectivity index (χ0v) is 10.1. The quantitative estimate of drug-likeness (QED) is 0.644. The van der Waals surface area contributed by atoms with Crippen molar-refractivity contribution in [1.29, 1.82) is 0 Å². The highest BCUT2D eigenvalue weighted by Gasteiger charge is 2.20. The molecule has 1 aromatic rings. The molecule has 1 atom stereocenters. The monoisotopic (exact) mass is 271 g/mol. The van der Waals surface area contributed by atoms with E-state index >= 15 is 0 Å². The van der Waals surface area contributed by atoms with E-state index in [1.54, 1.807) is 0 Å². The summed E-state index contributed by atoms with van der Waals surface area (Å²) in [6, 6.07) is 4.00. The fourth-order valence-corrected chi connectivity index (χ4v) is 1.80. The number of methoxy groups -OCH3 is 1. The number of hydrogen-bond donors (Lipinski definition) is 1. The Balaban J connectivity index is 2.19. The van der Waals surface area contributed by atoms with Gasteiger partial charge in [-0.25, -0.2) is 0 Å². The van der Waals surface area contributed by atoms with Crippen LogP contribution in [0.5, 0.6) is 5.75 Å². The van der Waals surface area contributed by atoms with Crippen LogP contribution in [0.15, 0.2) is 18.2 Å². The summed E-state index contributed by atoms with van der Waals surface area (Å²) in [6.07, 6.45) is -0.269. The van der Waals surface area contributed by atoms with Crippen LogP contribution in [-0.2, 0) is 9.47 Å². The van der Waals surface area contributed by atoms with E-state index in [4.69, 9.17) is 18.3 Å². The molecule has 19 heavy (non-hydrogen) atoms. The first-order valence-electron chi connectivity index (χ1n) is 7.26. The molecule has 0 amide bonds. The number of rotatable bonds is 5. The molecule has 0 radical (unpaired) electrons. The van der Waals surface area contributed by atoms with Crippen molar-refractivity contribution < 1.29 is 23.2 Å². The fraction of sp³-hybridized carbons (Fsp3) is 0.500. The lowest BCUT2D eigenvalue weighted by Crippen LogP contribution is -2.34. The van der Waals surface area contributed by atoms with E-state index in [-0.39, 0.29) is 29.8 Å². The third-order valence-electron chi connectivity index (χ3n) is 2.70. The third-order valence-corrected chi connectivity index (χ3v) is 2.70. The van der Waals surface area contributed by atoms with Crippen molar-refractivity contribution in [3.63, 3.8) is 0 Å². The maximum Gasteiger partial charge on any atom is 0.296 e. The molecule has 1 N–H and O–H groups in total. The highest BCUT2D eigenvalue weighted by Crippen LogP contribution is 2.33. The maximum absolute atomic E-state index is 11.1. The summed E-state index contributed by atoms with van der Waals surface area (Å²) in [4.78, 5) is 10.5. The van der Waals surface area contributed by atoms with Gasteiger partial charge in [0, 0.05) is 12.6 Å². The molecular formula is C12H16N2O5. The second-order valence-corrected chi connectivity index (χ2v) is 3.96. The molecule has 0 bridgehead atoms. The van der Waals surface area contributed by atoms with Gasteiger partial charge in [-0.05, 0) is 6.07 Å². The van der Waals surface area contributed by atoms with Crippen LogP contribution in [0.2, 0.25) is 0 Å². The Bertz CT molecular complexity index is 532. The van der Waals surface area contributed by atoms with Gasteiger partial charge < -0.3 is 19.5 Å². The first kappa shape index (κ1) is 9.99. The Kier molecular flexibility index (Phi) is 3.34. The van der Waals surface area contributed by atoms with Crippen molar-refractivity contribution >= 4 is 11.4 Å². The summed E-state index contributed by atoms with van der Waals surface area (Å²) in [5.74, 6) is -0.106. The minimum Gasteiger partial charge on any atom is -0.494 e. The normalized spacial score (nSPS) is 21.9. The first-order valence-corrected chi connectivity index (χ1v) is 5.76. The smallest absolute Gasteiger partial charge is 0.296 e.